The predicted molar refractivity (Wildman–Crippen MR) is 138 cm³/mol. The molecule has 0 bridgehead atoms. The van der Waals surface area contributed by atoms with Gasteiger partial charge in [0.2, 0.25) is 0 Å². The molecule has 170 valence electrons. The topological polar surface area (TPSA) is 44.1 Å². The standard InChI is InChI=1S/C27H28N2O2S2/c1-17(2)22-15-21-23(16-31-22)33-25-24(21)26(30)29(20-11-7-8-18(3)14-20)27(28-25)32-13-12-19-9-5-4-6-10-19/h4-11,14,17,22H,12-13,15-16H2,1-3H3. The Bertz CT molecular complexity index is 1340. The SMILES string of the molecule is Cc1cccc(-n2c(SCCc3ccccc3)nc3sc4c(c3c2=O)CC(C(C)C)OC4)c1. The van der Waals surface area contributed by atoms with E-state index in [1.807, 2.05) is 22.8 Å². The number of hydrogen-bond donors (Lipinski definition) is 0. The van der Waals surface area contributed by atoms with E-state index >= 15 is 0 Å². The van der Waals surface area contributed by atoms with Gasteiger partial charge < -0.3 is 4.74 Å². The second-order valence-corrected chi connectivity index (χ2v) is 11.1. The minimum Gasteiger partial charge on any atom is -0.372 e. The summed E-state index contributed by atoms with van der Waals surface area (Å²) in [6, 6.07) is 18.6. The average Bonchev–Trinajstić information content (AvgIpc) is 3.17. The maximum absolute atomic E-state index is 14.0. The first kappa shape index (κ1) is 22.4. The fraction of sp³-hybridized carbons (Fsp3) is 0.333. The van der Waals surface area contributed by atoms with E-state index in [4.69, 9.17) is 9.72 Å². The monoisotopic (exact) mass is 476 g/mol. The number of thiophene rings is 1. The highest BCUT2D eigenvalue weighted by atomic mass is 32.2. The summed E-state index contributed by atoms with van der Waals surface area (Å²) < 4.78 is 7.90. The quantitative estimate of drug-likeness (QED) is 0.246. The van der Waals surface area contributed by atoms with E-state index in [1.165, 1.54) is 5.56 Å². The van der Waals surface area contributed by atoms with Crippen LogP contribution in [0.25, 0.3) is 15.9 Å². The molecule has 1 atom stereocenters. The molecule has 1 unspecified atom stereocenters. The van der Waals surface area contributed by atoms with Crippen molar-refractivity contribution in [3.8, 4) is 5.69 Å². The third-order valence-electron chi connectivity index (χ3n) is 6.18. The fourth-order valence-electron chi connectivity index (χ4n) is 4.33. The van der Waals surface area contributed by atoms with Gasteiger partial charge in [0.25, 0.3) is 5.56 Å². The summed E-state index contributed by atoms with van der Waals surface area (Å²) in [5.41, 5.74) is 4.47. The van der Waals surface area contributed by atoms with Crippen molar-refractivity contribution in [3.05, 3.63) is 86.5 Å². The molecule has 0 saturated carbocycles. The van der Waals surface area contributed by atoms with Gasteiger partial charge in [0.05, 0.1) is 23.8 Å². The van der Waals surface area contributed by atoms with Crippen molar-refractivity contribution in [2.45, 2.75) is 51.5 Å². The van der Waals surface area contributed by atoms with Crippen molar-refractivity contribution in [2.75, 3.05) is 5.75 Å². The van der Waals surface area contributed by atoms with E-state index in [0.717, 1.165) is 55.7 Å². The van der Waals surface area contributed by atoms with Gasteiger partial charge in [0, 0.05) is 17.1 Å². The molecule has 1 aliphatic heterocycles. The van der Waals surface area contributed by atoms with Gasteiger partial charge >= 0.3 is 0 Å². The van der Waals surface area contributed by atoms with Crippen molar-refractivity contribution < 1.29 is 4.74 Å². The first-order valence-corrected chi connectivity index (χ1v) is 13.2. The highest BCUT2D eigenvalue weighted by Crippen LogP contribution is 2.36. The van der Waals surface area contributed by atoms with Crippen LogP contribution in [-0.4, -0.2) is 21.4 Å². The van der Waals surface area contributed by atoms with Crippen LogP contribution < -0.4 is 5.56 Å². The van der Waals surface area contributed by atoms with Crippen LogP contribution in [0, 0.1) is 12.8 Å². The molecular weight excluding hydrogens is 448 g/mol. The summed E-state index contributed by atoms with van der Waals surface area (Å²) in [6.45, 7) is 6.98. The molecule has 3 heterocycles. The number of aryl methyl sites for hydroxylation is 2. The van der Waals surface area contributed by atoms with Gasteiger partial charge in [-0.1, -0.05) is 68.1 Å². The minimum atomic E-state index is 0.0368. The van der Waals surface area contributed by atoms with E-state index < -0.39 is 0 Å². The highest BCUT2D eigenvalue weighted by molar-refractivity contribution is 7.99. The summed E-state index contributed by atoms with van der Waals surface area (Å²) in [5, 5.41) is 1.53. The number of thioether (sulfide) groups is 1. The van der Waals surface area contributed by atoms with Crippen LogP contribution in [0.5, 0.6) is 0 Å². The van der Waals surface area contributed by atoms with Crippen molar-refractivity contribution in [2.24, 2.45) is 5.92 Å². The van der Waals surface area contributed by atoms with Gasteiger partial charge in [-0.15, -0.1) is 11.3 Å². The third kappa shape index (κ3) is 4.52. The van der Waals surface area contributed by atoms with Gasteiger partial charge in [0.15, 0.2) is 5.16 Å². The Labute approximate surface area is 202 Å². The molecule has 4 aromatic rings. The molecule has 0 radical (unpaired) electrons. The molecule has 0 N–H and O–H groups in total. The molecule has 0 spiro atoms. The zero-order valence-electron chi connectivity index (χ0n) is 19.2. The molecule has 2 aromatic heterocycles. The lowest BCUT2D eigenvalue weighted by molar-refractivity contribution is 0.00200. The number of nitrogens with zero attached hydrogens (tertiary/aromatic N) is 2. The first-order chi connectivity index (χ1) is 16.0. The summed E-state index contributed by atoms with van der Waals surface area (Å²) in [5.74, 6) is 1.27. The van der Waals surface area contributed by atoms with Crippen molar-refractivity contribution in [3.63, 3.8) is 0 Å². The molecule has 0 fully saturated rings. The lowest BCUT2D eigenvalue weighted by atomic mass is 9.96. The van der Waals surface area contributed by atoms with Gasteiger partial charge in [-0.2, -0.15) is 0 Å². The zero-order valence-corrected chi connectivity index (χ0v) is 20.8. The van der Waals surface area contributed by atoms with Gasteiger partial charge in [-0.05, 0) is 48.1 Å². The van der Waals surface area contributed by atoms with Crippen LogP contribution in [0.3, 0.4) is 0 Å². The Morgan fingerprint density at radius 1 is 1.18 bits per heavy atom. The summed E-state index contributed by atoms with van der Waals surface area (Å²) in [4.78, 5) is 21.0. The first-order valence-electron chi connectivity index (χ1n) is 11.4. The molecule has 1 aliphatic rings. The Morgan fingerprint density at radius 2 is 2.00 bits per heavy atom. The minimum absolute atomic E-state index is 0.0368. The van der Waals surface area contributed by atoms with Crippen LogP contribution in [0.15, 0.2) is 64.5 Å². The van der Waals surface area contributed by atoms with Crippen LogP contribution in [0.1, 0.15) is 35.4 Å². The molecule has 0 saturated heterocycles. The maximum atomic E-state index is 14.0. The third-order valence-corrected chi connectivity index (χ3v) is 8.22. The van der Waals surface area contributed by atoms with E-state index in [2.05, 4.69) is 57.2 Å². The maximum Gasteiger partial charge on any atom is 0.267 e. The van der Waals surface area contributed by atoms with Crippen LogP contribution >= 0.6 is 23.1 Å². The number of fused-ring (bicyclic) bond motifs is 3. The number of aromatic nitrogens is 2. The van der Waals surface area contributed by atoms with Gasteiger partial charge in [-0.25, -0.2) is 4.98 Å². The molecule has 0 aliphatic carbocycles. The largest absolute Gasteiger partial charge is 0.372 e. The van der Waals surface area contributed by atoms with Crippen molar-refractivity contribution in [1.82, 2.24) is 9.55 Å². The second-order valence-electron chi connectivity index (χ2n) is 8.94. The molecule has 33 heavy (non-hydrogen) atoms. The van der Waals surface area contributed by atoms with Gasteiger partial charge in [-0.3, -0.25) is 9.36 Å². The summed E-state index contributed by atoms with van der Waals surface area (Å²) in [6.07, 6.45) is 1.85. The van der Waals surface area contributed by atoms with E-state index in [0.29, 0.717) is 12.5 Å². The molecule has 6 heteroatoms. The molecule has 4 nitrogen and oxygen atoms in total. The highest BCUT2D eigenvalue weighted by Gasteiger charge is 2.28. The summed E-state index contributed by atoms with van der Waals surface area (Å²) in [7, 11) is 0. The van der Waals surface area contributed by atoms with Crippen LogP contribution in [0.4, 0.5) is 0 Å². The predicted octanol–water partition coefficient (Wildman–Crippen LogP) is 6.19. The second kappa shape index (κ2) is 9.45. The van der Waals surface area contributed by atoms with E-state index in [-0.39, 0.29) is 11.7 Å². The fourth-order valence-corrected chi connectivity index (χ4v) is 6.50. The Balaban J connectivity index is 1.59. The lowest BCUT2D eigenvalue weighted by Crippen LogP contribution is -2.28. The van der Waals surface area contributed by atoms with E-state index in [1.54, 1.807) is 23.1 Å². The lowest BCUT2D eigenvalue weighted by Gasteiger charge is -2.26. The Kier molecular flexibility index (Phi) is 6.41. The number of ether oxygens (including phenoxy) is 1. The molecule has 0 amide bonds. The Morgan fingerprint density at radius 3 is 2.76 bits per heavy atom. The molecule has 2 aromatic carbocycles. The number of rotatable bonds is 6. The van der Waals surface area contributed by atoms with Crippen molar-refractivity contribution >= 4 is 33.3 Å². The smallest absolute Gasteiger partial charge is 0.267 e. The van der Waals surface area contributed by atoms with Gasteiger partial charge in [0.1, 0.15) is 4.83 Å². The number of benzene rings is 2. The Hall–Kier alpha value is -2.41. The number of hydrogen-bond acceptors (Lipinski definition) is 5. The average molecular weight is 477 g/mol. The zero-order chi connectivity index (χ0) is 22.9. The molecular formula is C27H28N2O2S2. The normalized spacial score (nSPS) is 15.8. The van der Waals surface area contributed by atoms with E-state index in [9.17, 15) is 4.79 Å². The van der Waals surface area contributed by atoms with Crippen molar-refractivity contribution in [1.29, 1.82) is 0 Å². The summed E-state index contributed by atoms with van der Waals surface area (Å²) >= 11 is 3.27. The molecule has 5 rings (SSSR count). The van der Waals surface area contributed by atoms with Crippen LogP contribution in [0.2, 0.25) is 0 Å². The van der Waals surface area contributed by atoms with Crippen LogP contribution in [-0.2, 0) is 24.2 Å².